The van der Waals surface area contributed by atoms with E-state index in [4.69, 9.17) is 14.2 Å². The summed E-state index contributed by atoms with van der Waals surface area (Å²) in [6, 6.07) is 17.0. The van der Waals surface area contributed by atoms with Crippen LogP contribution in [0.5, 0.6) is 11.5 Å². The minimum atomic E-state index is -1.29. The molecule has 1 amide bonds. The molecule has 1 aliphatic rings. The van der Waals surface area contributed by atoms with Crippen molar-refractivity contribution in [2.24, 2.45) is 0 Å². The highest BCUT2D eigenvalue weighted by molar-refractivity contribution is 5.92. The van der Waals surface area contributed by atoms with Crippen LogP contribution in [0, 0.1) is 5.82 Å². The highest BCUT2D eigenvalue weighted by Crippen LogP contribution is 2.39. The van der Waals surface area contributed by atoms with Gasteiger partial charge in [-0.15, -0.1) is 0 Å². The van der Waals surface area contributed by atoms with Gasteiger partial charge in [0.15, 0.2) is 6.10 Å². The summed E-state index contributed by atoms with van der Waals surface area (Å²) in [4.78, 5) is 26.1. The Labute approximate surface area is 194 Å². The molecule has 3 atom stereocenters. The lowest BCUT2D eigenvalue weighted by molar-refractivity contribution is -0.00672. The fraction of sp³-hybridized carbons (Fsp3) is 0.200. The molecule has 34 heavy (non-hydrogen) atoms. The zero-order valence-corrected chi connectivity index (χ0v) is 18.1. The van der Waals surface area contributed by atoms with Crippen molar-refractivity contribution in [2.75, 3.05) is 18.6 Å². The van der Waals surface area contributed by atoms with Crippen molar-refractivity contribution in [1.82, 2.24) is 0 Å². The van der Waals surface area contributed by atoms with E-state index in [-0.39, 0.29) is 23.7 Å². The smallest absolute Gasteiger partial charge is 0.415 e. The number of methoxy groups -OCH3 is 1. The highest BCUT2D eigenvalue weighted by atomic mass is 19.1. The number of ether oxygens (including phenoxy) is 3. The number of carbonyl (C=O) groups excluding carboxylic acids is 2. The normalized spacial score (nSPS) is 18.3. The third-order valence-electron chi connectivity index (χ3n) is 5.44. The summed E-state index contributed by atoms with van der Waals surface area (Å²) in [7, 11) is 1.25. The quantitative estimate of drug-likeness (QED) is 0.509. The number of anilines is 1. The first-order valence-corrected chi connectivity index (χ1v) is 10.4. The van der Waals surface area contributed by atoms with Crippen molar-refractivity contribution in [3.63, 3.8) is 0 Å². The van der Waals surface area contributed by atoms with E-state index < -0.39 is 36.1 Å². The number of hydrogen-bond acceptors (Lipinski definition) is 7. The van der Waals surface area contributed by atoms with E-state index in [2.05, 4.69) is 0 Å². The molecular weight excluding hydrogens is 445 g/mol. The molecule has 0 aromatic heterocycles. The first-order valence-electron chi connectivity index (χ1n) is 10.4. The molecule has 0 aliphatic carbocycles. The number of para-hydroxylation sites is 1. The van der Waals surface area contributed by atoms with Crippen LogP contribution < -0.4 is 9.64 Å². The molecular formula is C25H22FNO7. The standard InChI is InChI=1S/C25H22FNO7/c1-32-24(30)19-4-2-3-5-21(19)33-14-20(29)23-22(15-6-12-18(28)13-7-15)27(25(31)34-23)17-10-8-16(26)9-11-17/h2-13,20,22-23,28-29H,14H2,1H3/t20?,22-,23?/m1/s1. The first-order chi connectivity index (χ1) is 16.4. The molecule has 3 aromatic rings. The maximum atomic E-state index is 13.5. The number of aromatic hydroxyl groups is 1. The Balaban J connectivity index is 1.62. The lowest BCUT2D eigenvalue weighted by Gasteiger charge is -2.27. The lowest BCUT2D eigenvalue weighted by atomic mass is 9.96. The van der Waals surface area contributed by atoms with Gasteiger partial charge < -0.3 is 24.4 Å². The number of nitrogens with zero attached hydrogens (tertiary/aromatic N) is 1. The van der Waals surface area contributed by atoms with Crippen LogP contribution in [0.1, 0.15) is 22.0 Å². The van der Waals surface area contributed by atoms with Crippen LogP contribution >= 0.6 is 0 Å². The second kappa shape index (κ2) is 9.80. The summed E-state index contributed by atoms with van der Waals surface area (Å²) >= 11 is 0. The zero-order valence-electron chi connectivity index (χ0n) is 18.1. The molecule has 2 N–H and O–H groups in total. The van der Waals surface area contributed by atoms with Crippen LogP contribution in [0.3, 0.4) is 0 Å². The Hall–Kier alpha value is -4.11. The Morgan fingerprint density at radius 2 is 1.76 bits per heavy atom. The van der Waals surface area contributed by atoms with Crippen molar-refractivity contribution in [1.29, 1.82) is 0 Å². The van der Waals surface area contributed by atoms with Crippen molar-refractivity contribution in [3.8, 4) is 11.5 Å². The van der Waals surface area contributed by atoms with Gasteiger partial charge >= 0.3 is 12.1 Å². The van der Waals surface area contributed by atoms with Gasteiger partial charge in [-0.1, -0.05) is 24.3 Å². The molecule has 1 saturated heterocycles. The maximum absolute atomic E-state index is 13.5. The van der Waals surface area contributed by atoms with Crippen molar-refractivity contribution in [2.45, 2.75) is 18.2 Å². The van der Waals surface area contributed by atoms with E-state index >= 15 is 0 Å². The molecule has 1 fully saturated rings. The third-order valence-corrected chi connectivity index (χ3v) is 5.44. The summed E-state index contributed by atoms with van der Waals surface area (Å²) in [5.41, 5.74) is 1.13. The van der Waals surface area contributed by atoms with Gasteiger partial charge in [-0.2, -0.15) is 0 Å². The molecule has 2 unspecified atom stereocenters. The van der Waals surface area contributed by atoms with Crippen LogP contribution in [0.25, 0.3) is 0 Å². The fourth-order valence-corrected chi connectivity index (χ4v) is 3.81. The number of carbonyl (C=O) groups is 2. The van der Waals surface area contributed by atoms with Gasteiger partial charge in [0, 0.05) is 5.69 Å². The minimum absolute atomic E-state index is 0.0298. The number of aliphatic hydroxyl groups excluding tert-OH is 1. The van der Waals surface area contributed by atoms with Crippen molar-refractivity contribution < 1.29 is 38.4 Å². The number of aliphatic hydroxyl groups is 1. The molecule has 0 radical (unpaired) electrons. The molecule has 0 saturated carbocycles. The summed E-state index contributed by atoms with van der Waals surface area (Å²) in [6.45, 7) is -0.294. The topological polar surface area (TPSA) is 106 Å². The number of amides is 1. The number of hydrogen-bond donors (Lipinski definition) is 2. The van der Waals surface area contributed by atoms with Crippen molar-refractivity contribution >= 4 is 17.7 Å². The molecule has 4 rings (SSSR count). The SMILES string of the molecule is COC(=O)c1ccccc1OCC(O)C1OC(=O)N(c2ccc(F)cc2)[C@@H]1c1ccc(O)cc1. The Bertz CT molecular complexity index is 1170. The van der Waals surface area contributed by atoms with Gasteiger partial charge in [-0.25, -0.2) is 14.0 Å². The number of benzene rings is 3. The molecule has 8 nitrogen and oxygen atoms in total. The van der Waals surface area contributed by atoms with E-state index in [0.717, 1.165) is 0 Å². The average Bonchev–Trinajstić information content (AvgIpc) is 3.20. The molecule has 176 valence electrons. The van der Waals surface area contributed by atoms with Crippen LogP contribution in [0.15, 0.2) is 72.8 Å². The minimum Gasteiger partial charge on any atom is -0.508 e. The summed E-state index contributed by atoms with van der Waals surface area (Å²) in [6.07, 6.45) is -3.09. The molecule has 1 aliphatic heterocycles. The van der Waals surface area contributed by atoms with Crippen LogP contribution in [0.2, 0.25) is 0 Å². The average molecular weight is 467 g/mol. The lowest BCUT2D eigenvalue weighted by Crippen LogP contribution is -2.38. The first kappa shape index (κ1) is 23.1. The number of cyclic esters (lactones) is 1. The zero-order chi connectivity index (χ0) is 24.2. The molecule has 3 aromatic carbocycles. The van der Waals surface area contributed by atoms with Gasteiger partial charge in [0.05, 0.1) is 7.11 Å². The second-order valence-electron chi connectivity index (χ2n) is 7.60. The summed E-state index contributed by atoms with van der Waals surface area (Å²) in [5, 5.41) is 20.6. The molecule has 0 spiro atoms. The Kier molecular flexibility index (Phi) is 6.65. The second-order valence-corrected chi connectivity index (χ2v) is 7.60. The highest BCUT2D eigenvalue weighted by Gasteiger charge is 2.47. The van der Waals surface area contributed by atoms with E-state index in [9.17, 15) is 24.2 Å². The molecule has 9 heteroatoms. The van der Waals surface area contributed by atoms with Gasteiger partial charge in [0.1, 0.15) is 41.6 Å². The summed E-state index contributed by atoms with van der Waals surface area (Å²) < 4.78 is 29.4. The maximum Gasteiger partial charge on any atom is 0.415 e. The fourth-order valence-electron chi connectivity index (χ4n) is 3.81. The van der Waals surface area contributed by atoms with Gasteiger partial charge in [-0.3, -0.25) is 4.90 Å². The van der Waals surface area contributed by atoms with Gasteiger partial charge in [-0.05, 0) is 54.1 Å². The number of halogens is 1. The van der Waals surface area contributed by atoms with E-state index in [0.29, 0.717) is 11.3 Å². The Morgan fingerprint density at radius 1 is 1.09 bits per heavy atom. The predicted molar refractivity (Wildman–Crippen MR) is 119 cm³/mol. The van der Waals surface area contributed by atoms with Crippen molar-refractivity contribution in [3.05, 3.63) is 89.7 Å². The number of esters is 1. The van der Waals surface area contributed by atoms with Crippen LogP contribution in [-0.4, -0.2) is 48.2 Å². The van der Waals surface area contributed by atoms with Crippen LogP contribution in [0.4, 0.5) is 14.9 Å². The van der Waals surface area contributed by atoms with Gasteiger partial charge in [0.2, 0.25) is 0 Å². The monoisotopic (exact) mass is 467 g/mol. The largest absolute Gasteiger partial charge is 0.508 e. The van der Waals surface area contributed by atoms with E-state index in [1.807, 2.05) is 0 Å². The number of rotatable bonds is 7. The molecule has 1 heterocycles. The van der Waals surface area contributed by atoms with E-state index in [1.54, 1.807) is 30.3 Å². The number of phenols is 1. The van der Waals surface area contributed by atoms with Gasteiger partial charge in [0.25, 0.3) is 0 Å². The van der Waals surface area contributed by atoms with E-state index in [1.165, 1.54) is 54.5 Å². The Morgan fingerprint density at radius 3 is 2.44 bits per heavy atom. The third kappa shape index (κ3) is 4.65. The molecule has 0 bridgehead atoms. The number of phenolic OH excluding ortho intramolecular Hbond substituents is 1. The predicted octanol–water partition coefficient (Wildman–Crippen LogP) is 3.82. The van der Waals surface area contributed by atoms with Crippen LogP contribution in [-0.2, 0) is 9.47 Å². The summed E-state index contributed by atoms with van der Waals surface area (Å²) in [5.74, 6) is -0.829.